The van der Waals surface area contributed by atoms with Crippen molar-refractivity contribution in [3.63, 3.8) is 0 Å². The van der Waals surface area contributed by atoms with Gasteiger partial charge in [-0.15, -0.1) is 10.2 Å². The molecule has 2 aromatic heterocycles. The molecular formula is C25H28N6O2S. The number of rotatable bonds is 7. The lowest BCUT2D eigenvalue weighted by atomic mass is 10.1. The summed E-state index contributed by atoms with van der Waals surface area (Å²) in [5.74, 6) is 0.326. The van der Waals surface area contributed by atoms with Gasteiger partial charge in [0.25, 0.3) is 5.91 Å². The molecule has 0 saturated carbocycles. The zero-order valence-corrected chi connectivity index (χ0v) is 20.5. The molecule has 0 radical (unpaired) electrons. The quantitative estimate of drug-likeness (QED) is 0.386. The Morgan fingerprint density at radius 2 is 1.94 bits per heavy atom. The molecule has 3 aromatic rings. The van der Waals surface area contributed by atoms with Crippen molar-refractivity contribution < 1.29 is 9.53 Å². The van der Waals surface area contributed by atoms with Gasteiger partial charge in [0.15, 0.2) is 0 Å². The molecule has 1 amide bonds. The van der Waals surface area contributed by atoms with Crippen LogP contribution in [0.3, 0.4) is 0 Å². The molecule has 9 heteroatoms. The Morgan fingerprint density at radius 1 is 1.21 bits per heavy atom. The van der Waals surface area contributed by atoms with Gasteiger partial charge >= 0.3 is 0 Å². The number of nitrogens with one attached hydrogen (secondary N) is 1. The maximum absolute atomic E-state index is 12.8. The minimum absolute atomic E-state index is 0.0154. The number of carbonyl (C=O) groups excluding carboxylic acids is 1. The fourth-order valence-electron chi connectivity index (χ4n) is 4.14. The van der Waals surface area contributed by atoms with Crippen molar-refractivity contribution in [2.75, 3.05) is 29.9 Å². The van der Waals surface area contributed by atoms with E-state index in [1.807, 2.05) is 57.2 Å². The molecule has 1 fully saturated rings. The Hall–Kier alpha value is -3.64. The average Bonchev–Trinajstić information content (AvgIpc) is 3.42. The monoisotopic (exact) mass is 476 g/mol. The van der Waals surface area contributed by atoms with Gasteiger partial charge in [0.2, 0.25) is 10.3 Å². The average molecular weight is 477 g/mol. The maximum atomic E-state index is 12.8. The molecule has 8 nitrogen and oxygen atoms in total. The van der Waals surface area contributed by atoms with Gasteiger partial charge in [0, 0.05) is 30.2 Å². The van der Waals surface area contributed by atoms with Crippen molar-refractivity contribution in [2.24, 2.45) is 0 Å². The van der Waals surface area contributed by atoms with Crippen LogP contribution < -0.4 is 15.0 Å². The smallest absolute Gasteiger partial charge is 0.268 e. The highest BCUT2D eigenvalue weighted by molar-refractivity contribution is 7.19. The summed E-state index contributed by atoms with van der Waals surface area (Å²) in [5.41, 5.74) is 3.75. The number of nitriles is 1. The Bertz CT molecular complexity index is 1230. The second kappa shape index (κ2) is 10.5. The van der Waals surface area contributed by atoms with Crippen LogP contribution in [0.25, 0.3) is 11.8 Å². The number of benzene rings is 1. The highest BCUT2D eigenvalue weighted by Crippen LogP contribution is 2.28. The normalized spacial score (nSPS) is 14.1. The molecule has 176 valence electrons. The van der Waals surface area contributed by atoms with Crippen LogP contribution >= 0.6 is 11.3 Å². The second-order valence-corrected chi connectivity index (χ2v) is 9.11. The summed E-state index contributed by atoms with van der Waals surface area (Å²) < 4.78 is 7.62. The number of aromatic nitrogens is 3. The minimum atomic E-state index is -0.491. The number of carbonyl (C=O) groups is 1. The zero-order chi connectivity index (χ0) is 24.1. The molecule has 1 aromatic carbocycles. The van der Waals surface area contributed by atoms with Crippen LogP contribution in [0.1, 0.15) is 43.1 Å². The molecule has 4 rings (SSSR count). The van der Waals surface area contributed by atoms with Crippen LogP contribution in [0.2, 0.25) is 0 Å². The van der Waals surface area contributed by atoms with Crippen LogP contribution in [0.4, 0.5) is 10.3 Å². The molecule has 1 saturated heterocycles. The molecule has 1 N–H and O–H groups in total. The summed E-state index contributed by atoms with van der Waals surface area (Å²) in [4.78, 5) is 15.0. The summed E-state index contributed by atoms with van der Waals surface area (Å²) in [5, 5.41) is 21.9. The van der Waals surface area contributed by atoms with Crippen LogP contribution in [-0.4, -0.2) is 40.4 Å². The third-order valence-corrected chi connectivity index (χ3v) is 6.70. The van der Waals surface area contributed by atoms with Gasteiger partial charge in [0.1, 0.15) is 17.4 Å². The minimum Gasteiger partial charge on any atom is -0.494 e. The molecule has 1 aliphatic rings. The second-order valence-electron chi connectivity index (χ2n) is 8.15. The van der Waals surface area contributed by atoms with E-state index >= 15 is 0 Å². The number of ether oxygens (including phenoxy) is 1. The number of nitrogens with zero attached hydrogens (tertiary/aromatic N) is 5. The third-order valence-electron chi connectivity index (χ3n) is 5.80. The SMILES string of the molecule is CCOc1ccc(-n2c(C)cc(/C=C(/C#N)C(=O)Nc3nnc(N4CCCCC4)s3)c2C)cc1. The predicted octanol–water partition coefficient (Wildman–Crippen LogP) is 4.88. The fourth-order valence-corrected chi connectivity index (χ4v) is 4.93. The van der Waals surface area contributed by atoms with Gasteiger partial charge in [-0.2, -0.15) is 5.26 Å². The van der Waals surface area contributed by atoms with E-state index in [0.29, 0.717) is 11.7 Å². The van der Waals surface area contributed by atoms with E-state index in [4.69, 9.17) is 4.74 Å². The van der Waals surface area contributed by atoms with E-state index in [0.717, 1.165) is 59.5 Å². The van der Waals surface area contributed by atoms with Crippen molar-refractivity contribution in [2.45, 2.75) is 40.0 Å². The van der Waals surface area contributed by atoms with E-state index in [-0.39, 0.29) is 5.57 Å². The highest BCUT2D eigenvalue weighted by Gasteiger charge is 2.18. The standard InChI is InChI=1S/C25H28N6O2S/c1-4-33-22-10-8-21(9-11-22)31-17(2)14-19(18(31)3)15-20(16-26)23(32)27-24-28-29-25(34-24)30-12-6-5-7-13-30/h8-11,14-15H,4-7,12-13H2,1-3H3,(H,27,28,32)/b20-15-. The molecule has 0 aliphatic carbocycles. The summed E-state index contributed by atoms with van der Waals surface area (Å²) in [6.45, 7) is 8.44. The van der Waals surface area contributed by atoms with Crippen molar-refractivity contribution in [3.8, 4) is 17.5 Å². The molecule has 0 atom stereocenters. The van der Waals surface area contributed by atoms with Crippen LogP contribution in [-0.2, 0) is 4.79 Å². The third kappa shape index (κ3) is 5.13. The van der Waals surface area contributed by atoms with E-state index in [9.17, 15) is 10.1 Å². The first-order valence-electron chi connectivity index (χ1n) is 11.4. The lowest BCUT2D eigenvalue weighted by Gasteiger charge is -2.25. The van der Waals surface area contributed by atoms with Gasteiger partial charge < -0.3 is 14.2 Å². The Labute approximate surface area is 203 Å². The molecule has 3 heterocycles. The van der Waals surface area contributed by atoms with Crippen LogP contribution in [0.15, 0.2) is 35.9 Å². The molecule has 1 aliphatic heterocycles. The van der Waals surface area contributed by atoms with Gasteiger partial charge in [-0.05, 0) is 82.0 Å². The highest BCUT2D eigenvalue weighted by atomic mass is 32.1. The van der Waals surface area contributed by atoms with Crippen molar-refractivity contribution in [1.29, 1.82) is 5.26 Å². The van der Waals surface area contributed by atoms with Gasteiger partial charge in [-0.1, -0.05) is 11.3 Å². The van der Waals surface area contributed by atoms with E-state index in [1.165, 1.54) is 17.8 Å². The largest absolute Gasteiger partial charge is 0.494 e. The summed E-state index contributed by atoms with van der Waals surface area (Å²) in [6.07, 6.45) is 5.12. The Balaban J connectivity index is 1.52. The molecule has 34 heavy (non-hydrogen) atoms. The summed E-state index contributed by atoms with van der Waals surface area (Å²) in [6, 6.07) is 11.8. The summed E-state index contributed by atoms with van der Waals surface area (Å²) in [7, 11) is 0. The number of anilines is 2. The molecule has 0 spiro atoms. The number of hydrogen-bond acceptors (Lipinski definition) is 7. The maximum Gasteiger partial charge on any atom is 0.268 e. The number of hydrogen-bond donors (Lipinski definition) is 1. The van der Waals surface area contributed by atoms with Crippen molar-refractivity contribution in [1.82, 2.24) is 14.8 Å². The van der Waals surface area contributed by atoms with E-state index in [1.54, 1.807) is 6.08 Å². The molecule has 0 bridgehead atoms. The van der Waals surface area contributed by atoms with E-state index < -0.39 is 5.91 Å². The van der Waals surface area contributed by atoms with Crippen LogP contribution in [0.5, 0.6) is 5.75 Å². The fraction of sp³-hybridized carbons (Fsp3) is 0.360. The van der Waals surface area contributed by atoms with Gasteiger partial charge in [0.05, 0.1) is 6.61 Å². The first-order chi connectivity index (χ1) is 16.5. The first-order valence-corrected chi connectivity index (χ1v) is 12.3. The number of amides is 1. The predicted molar refractivity (Wildman–Crippen MR) is 135 cm³/mol. The molecule has 0 unspecified atom stereocenters. The summed E-state index contributed by atoms with van der Waals surface area (Å²) >= 11 is 1.33. The topological polar surface area (TPSA) is 96.1 Å². The van der Waals surface area contributed by atoms with Crippen molar-refractivity contribution in [3.05, 3.63) is 52.9 Å². The molecular weight excluding hydrogens is 448 g/mol. The Morgan fingerprint density at radius 3 is 2.62 bits per heavy atom. The van der Waals surface area contributed by atoms with Gasteiger partial charge in [-0.3, -0.25) is 10.1 Å². The lowest BCUT2D eigenvalue weighted by Crippen LogP contribution is -2.29. The number of aryl methyl sites for hydroxylation is 1. The zero-order valence-electron chi connectivity index (χ0n) is 19.7. The van der Waals surface area contributed by atoms with Gasteiger partial charge in [-0.25, -0.2) is 0 Å². The van der Waals surface area contributed by atoms with Crippen LogP contribution in [0, 0.1) is 25.2 Å². The first kappa shape index (κ1) is 23.5. The van der Waals surface area contributed by atoms with Crippen molar-refractivity contribution >= 4 is 33.6 Å². The Kier molecular flexibility index (Phi) is 7.28. The number of piperidine rings is 1. The lowest BCUT2D eigenvalue weighted by molar-refractivity contribution is -0.112. The van der Waals surface area contributed by atoms with E-state index in [2.05, 4.69) is 25.0 Å².